The lowest BCUT2D eigenvalue weighted by Gasteiger charge is -2.08. The highest BCUT2D eigenvalue weighted by atomic mass is 35.5. The second-order valence-corrected chi connectivity index (χ2v) is 5.95. The molecule has 0 radical (unpaired) electrons. The number of nitrogens with zero attached hydrogens (tertiary/aromatic N) is 3. The van der Waals surface area contributed by atoms with Crippen molar-refractivity contribution in [1.82, 2.24) is 9.78 Å². The van der Waals surface area contributed by atoms with Crippen molar-refractivity contribution in [2.24, 2.45) is 0 Å². The first-order valence-electron chi connectivity index (χ1n) is 8.02. The number of anilines is 1. The van der Waals surface area contributed by atoms with Gasteiger partial charge in [-0.25, -0.2) is 4.68 Å². The van der Waals surface area contributed by atoms with Gasteiger partial charge in [0.2, 0.25) is 0 Å². The smallest absolute Gasteiger partial charge is 0.296 e. The predicted octanol–water partition coefficient (Wildman–Crippen LogP) is 3.74. The first kappa shape index (κ1) is 19.2. The number of para-hydroxylation sites is 1. The molecule has 10 heteroatoms. The van der Waals surface area contributed by atoms with Crippen LogP contribution in [-0.2, 0) is 6.73 Å². The van der Waals surface area contributed by atoms with E-state index >= 15 is 0 Å². The molecule has 28 heavy (non-hydrogen) atoms. The van der Waals surface area contributed by atoms with Crippen LogP contribution in [0.25, 0.3) is 0 Å². The Bertz CT molecular complexity index is 1020. The number of methoxy groups -OCH3 is 1. The van der Waals surface area contributed by atoms with Gasteiger partial charge in [-0.05, 0) is 30.3 Å². The number of hydrogen-bond acceptors (Lipinski definition) is 6. The molecule has 0 aliphatic rings. The van der Waals surface area contributed by atoms with Crippen LogP contribution in [0.3, 0.4) is 0 Å². The van der Waals surface area contributed by atoms with Crippen LogP contribution in [0.2, 0.25) is 5.02 Å². The summed E-state index contributed by atoms with van der Waals surface area (Å²) < 4.78 is 11.9. The number of rotatable bonds is 7. The molecular formula is C18H15ClN4O5. The average Bonchev–Trinajstić information content (AvgIpc) is 3.16. The highest BCUT2D eigenvalue weighted by Gasteiger charge is 2.19. The number of hydrogen-bond donors (Lipinski definition) is 1. The molecule has 0 aliphatic carbocycles. The Morgan fingerprint density at radius 2 is 2.07 bits per heavy atom. The number of ether oxygens (including phenoxy) is 2. The number of nitro groups is 1. The maximum absolute atomic E-state index is 12.4. The molecule has 0 unspecified atom stereocenters. The molecule has 3 aromatic rings. The van der Waals surface area contributed by atoms with E-state index in [1.54, 1.807) is 30.5 Å². The number of amides is 1. The Morgan fingerprint density at radius 3 is 2.79 bits per heavy atom. The van der Waals surface area contributed by atoms with Crippen molar-refractivity contribution in [3.8, 4) is 11.5 Å². The Kier molecular flexibility index (Phi) is 5.75. The minimum atomic E-state index is -0.603. The second-order valence-electron chi connectivity index (χ2n) is 5.54. The normalized spacial score (nSPS) is 10.4. The summed E-state index contributed by atoms with van der Waals surface area (Å²) in [6.07, 6.45) is 1.55. The van der Waals surface area contributed by atoms with Crippen molar-refractivity contribution in [2.45, 2.75) is 6.73 Å². The maximum Gasteiger partial charge on any atom is 0.296 e. The van der Waals surface area contributed by atoms with E-state index in [2.05, 4.69) is 10.4 Å². The van der Waals surface area contributed by atoms with Crippen LogP contribution in [0.4, 0.5) is 11.4 Å². The third kappa shape index (κ3) is 4.38. The van der Waals surface area contributed by atoms with Crippen molar-refractivity contribution in [3.63, 3.8) is 0 Å². The Labute approximate surface area is 164 Å². The molecule has 0 fully saturated rings. The average molecular weight is 403 g/mol. The summed E-state index contributed by atoms with van der Waals surface area (Å²) in [6.45, 7) is 0.0414. The van der Waals surface area contributed by atoms with Gasteiger partial charge in [0, 0.05) is 6.20 Å². The van der Waals surface area contributed by atoms with E-state index in [4.69, 9.17) is 21.1 Å². The van der Waals surface area contributed by atoms with Crippen LogP contribution in [-0.4, -0.2) is 27.7 Å². The van der Waals surface area contributed by atoms with Gasteiger partial charge in [0.1, 0.15) is 17.2 Å². The summed E-state index contributed by atoms with van der Waals surface area (Å²) in [5.41, 5.74) is -0.167. The van der Waals surface area contributed by atoms with E-state index in [0.29, 0.717) is 16.5 Å². The van der Waals surface area contributed by atoms with Gasteiger partial charge in [0.05, 0.1) is 23.1 Å². The first-order chi connectivity index (χ1) is 13.5. The van der Waals surface area contributed by atoms with E-state index < -0.39 is 10.8 Å². The summed E-state index contributed by atoms with van der Waals surface area (Å²) in [7, 11) is 1.40. The first-order valence-corrected chi connectivity index (χ1v) is 8.40. The lowest BCUT2D eigenvalue weighted by molar-refractivity contribution is -0.384. The van der Waals surface area contributed by atoms with Crippen LogP contribution in [0.15, 0.2) is 54.7 Å². The van der Waals surface area contributed by atoms with Gasteiger partial charge in [0.25, 0.3) is 11.6 Å². The van der Waals surface area contributed by atoms with Gasteiger partial charge in [0.15, 0.2) is 12.4 Å². The fourth-order valence-corrected chi connectivity index (χ4v) is 2.52. The zero-order chi connectivity index (χ0) is 20.1. The van der Waals surface area contributed by atoms with Gasteiger partial charge in [-0.1, -0.05) is 23.7 Å². The molecule has 2 aromatic carbocycles. The molecule has 144 valence electrons. The maximum atomic E-state index is 12.4. The van der Waals surface area contributed by atoms with E-state index in [9.17, 15) is 14.9 Å². The number of carbonyl (C=O) groups is 1. The highest BCUT2D eigenvalue weighted by Crippen LogP contribution is 2.29. The zero-order valence-corrected chi connectivity index (χ0v) is 15.4. The molecule has 0 bridgehead atoms. The van der Waals surface area contributed by atoms with Crippen molar-refractivity contribution in [1.29, 1.82) is 0 Å². The van der Waals surface area contributed by atoms with Crippen molar-refractivity contribution < 1.29 is 19.2 Å². The van der Waals surface area contributed by atoms with E-state index in [-0.39, 0.29) is 23.8 Å². The molecular weight excluding hydrogens is 388 g/mol. The molecule has 1 aromatic heterocycles. The Hall–Kier alpha value is -3.59. The molecule has 0 aliphatic heterocycles. The summed E-state index contributed by atoms with van der Waals surface area (Å²) in [5, 5.41) is 18.3. The number of nitrogens with one attached hydrogen (secondary N) is 1. The van der Waals surface area contributed by atoms with Gasteiger partial charge in [-0.15, -0.1) is 0 Å². The third-order valence-corrected chi connectivity index (χ3v) is 4.02. The predicted molar refractivity (Wildman–Crippen MR) is 102 cm³/mol. The number of benzene rings is 2. The van der Waals surface area contributed by atoms with E-state index in [0.717, 1.165) is 0 Å². The Morgan fingerprint density at radius 1 is 1.29 bits per heavy atom. The van der Waals surface area contributed by atoms with Crippen LogP contribution >= 0.6 is 11.6 Å². The SMILES string of the molecule is COc1ccc(NC(=O)c2ccn(COc3ccccc3Cl)n2)c([N+](=O)[O-])c1. The number of aromatic nitrogens is 2. The fourth-order valence-electron chi connectivity index (χ4n) is 2.33. The van der Waals surface area contributed by atoms with Gasteiger partial charge >= 0.3 is 0 Å². The summed E-state index contributed by atoms with van der Waals surface area (Å²) in [5.74, 6) is 0.204. The van der Waals surface area contributed by atoms with Gasteiger partial charge in [-0.3, -0.25) is 14.9 Å². The van der Waals surface area contributed by atoms with Crippen molar-refractivity contribution in [2.75, 3.05) is 12.4 Å². The topological polar surface area (TPSA) is 109 Å². The van der Waals surface area contributed by atoms with E-state index in [1.165, 1.54) is 36.1 Å². The summed E-state index contributed by atoms with van der Waals surface area (Å²) >= 11 is 6.02. The monoisotopic (exact) mass is 402 g/mol. The number of nitro benzene ring substituents is 1. The zero-order valence-electron chi connectivity index (χ0n) is 14.7. The minimum Gasteiger partial charge on any atom is -0.496 e. The van der Waals surface area contributed by atoms with Gasteiger partial charge < -0.3 is 14.8 Å². The standard InChI is InChI=1S/C18H15ClN4O5/c1-27-12-6-7-14(16(10-12)23(25)26)20-18(24)15-8-9-22(21-15)11-28-17-5-3-2-4-13(17)19/h2-10H,11H2,1H3,(H,20,24). The molecule has 0 saturated carbocycles. The third-order valence-electron chi connectivity index (χ3n) is 3.71. The molecule has 1 N–H and O–H groups in total. The molecule has 0 atom stereocenters. The quantitative estimate of drug-likeness (QED) is 0.476. The Balaban J connectivity index is 1.69. The van der Waals surface area contributed by atoms with Crippen molar-refractivity contribution >= 4 is 28.9 Å². The van der Waals surface area contributed by atoms with Crippen LogP contribution in [0, 0.1) is 10.1 Å². The second kappa shape index (κ2) is 8.40. The molecule has 0 spiro atoms. The molecule has 9 nitrogen and oxygen atoms in total. The van der Waals surface area contributed by atoms with Crippen LogP contribution in [0.1, 0.15) is 10.5 Å². The van der Waals surface area contributed by atoms with E-state index in [1.807, 2.05) is 0 Å². The minimum absolute atomic E-state index is 0.0395. The molecule has 1 heterocycles. The van der Waals surface area contributed by atoms with Crippen LogP contribution in [0.5, 0.6) is 11.5 Å². The summed E-state index contributed by atoms with van der Waals surface area (Å²) in [6, 6.07) is 12.6. The fraction of sp³-hybridized carbons (Fsp3) is 0.111. The highest BCUT2D eigenvalue weighted by molar-refractivity contribution is 6.32. The molecule has 1 amide bonds. The lowest BCUT2D eigenvalue weighted by atomic mass is 10.2. The van der Waals surface area contributed by atoms with Crippen molar-refractivity contribution in [3.05, 3.63) is 75.6 Å². The van der Waals surface area contributed by atoms with Crippen LogP contribution < -0.4 is 14.8 Å². The number of halogens is 1. The molecule has 3 rings (SSSR count). The largest absolute Gasteiger partial charge is 0.496 e. The summed E-state index contributed by atoms with van der Waals surface area (Å²) in [4.78, 5) is 23.0. The molecule has 0 saturated heterocycles. The van der Waals surface area contributed by atoms with Gasteiger partial charge in [-0.2, -0.15) is 5.10 Å². The number of carbonyl (C=O) groups excluding carboxylic acids is 1. The lowest BCUT2D eigenvalue weighted by Crippen LogP contribution is -2.15.